The minimum Gasteiger partial charge on any atom is -0.460 e. The zero-order chi connectivity index (χ0) is 20.5. The second kappa shape index (κ2) is 7.59. The molecule has 0 unspecified atom stereocenters. The molecule has 7 nitrogen and oxygen atoms in total. The maximum absolute atomic E-state index is 13.5. The highest BCUT2D eigenvalue weighted by atomic mass is 16.3. The van der Waals surface area contributed by atoms with E-state index >= 15 is 0 Å². The van der Waals surface area contributed by atoms with E-state index in [1.165, 1.54) is 0 Å². The van der Waals surface area contributed by atoms with Crippen molar-refractivity contribution in [1.29, 1.82) is 0 Å². The predicted octanol–water partition coefficient (Wildman–Crippen LogP) is 3.56. The predicted molar refractivity (Wildman–Crippen MR) is 114 cm³/mol. The van der Waals surface area contributed by atoms with Gasteiger partial charge in [0.2, 0.25) is 5.95 Å². The van der Waals surface area contributed by atoms with Gasteiger partial charge in [-0.05, 0) is 37.3 Å². The molecule has 150 valence electrons. The van der Waals surface area contributed by atoms with Gasteiger partial charge in [0.25, 0.3) is 5.91 Å². The summed E-state index contributed by atoms with van der Waals surface area (Å²) in [7, 11) is 0. The number of pyridine rings is 1. The molecule has 1 aliphatic heterocycles. The summed E-state index contributed by atoms with van der Waals surface area (Å²) >= 11 is 0. The lowest BCUT2D eigenvalue weighted by atomic mass is 10.0. The first kappa shape index (κ1) is 18.3. The van der Waals surface area contributed by atoms with Gasteiger partial charge < -0.3 is 14.2 Å². The molecular weight excluding hydrogens is 378 g/mol. The third kappa shape index (κ3) is 3.39. The SMILES string of the molecule is Cc1ccc(-c2cc(C(=O)N3CCN(c4ncccn4)CC3)c3ccccc3n2)o1. The van der Waals surface area contributed by atoms with Gasteiger partial charge in [-0.1, -0.05) is 18.2 Å². The van der Waals surface area contributed by atoms with Gasteiger partial charge in [0.1, 0.15) is 11.5 Å². The monoisotopic (exact) mass is 399 g/mol. The number of benzene rings is 1. The van der Waals surface area contributed by atoms with E-state index < -0.39 is 0 Å². The number of aryl methyl sites for hydroxylation is 1. The normalized spacial score (nSPS) is 14.3. The number of rotatable bonds is 3. The van der Waals surface area contributed by atoms with Crippen LogP contribution in [0.3, 0.4) is 0 Å². The summed E-state index contributed by atoms with van der Waals surface area (Å²) in [5.41, 5.74) is 2.10. The molecule has 4 aromatic rings. The Bertz CT molecular complexity index is 1200. The van der Waals surface area contributed by atoms with Crippen molar-refractivity contribution in [3.05, 3.63) is 72.2 Å². The number of hydrogen-bond acceptors (Lipinski definition) is 6. The molecule has 1 saturated heterocycles. The number of nitrogens with zero attached hydrogens (tertiary/aromatic N) is 5. The number of para-hydroxylation sites is 1. The third-order valence-corrected chi connectivity index (χ3v) is 5.34. The number of piperazine rings is 1. The maximum Gasteiger partial charge on any atom is 0.254 e. The highest BCUT2D eigenvalue weighted by Crippen LogP contribution is 2.27. The number of amides is 1. The van der Waals surface area contributed by atoms with Crippen LogP contribution < -0.4 is 4.90 Å². The molecule has 30 heavy (non-hydrogen) atoms. The molecule has 0 bridgehead atoms. The first-order valence-corrected chi connectivity index (χ1v) is 9.97. The summed E-state index contributed by atoms with van der Waals surface area (Å²) in [6.07, 6.45) is 3.47. The number of carbonyl (C=O) groups is 1. The molecule has 3 aromatic heterocycles. The van der Waals surface area contributed by atoms with Gasteiger partial charge in [0.05, 0.1) is 11.1 Å². The molecule has 0 radical (unpaired) electrons. The van der Waals surface area contributed by atoms with Crippen molar-refractivity contribution in [3.8, 4) is 11.5 Å². The lowest BCUT2D eigenvalue weighted by Gasteiger charge is -2.34. The van der Waals surface area contributed by atoms with E-state index in [0.29, 0.717) is 49.1 Å². The fraction of sp³-hybridized carbons (Fsp3) is 0.217. The van der Waals surface area contributed by atoms with Crippen LogP contribution in [0.1, 0.15) is 16.1 Å². The van der Waals surface area contributed by atoms with Crippen LogP contribution in [0.25, 0.3) is 22.4 Å². The van der Waals surface area contributed by atoms with Gasteiger partial charge in [0.15, 0.2) is 5.76 Å². The second-order valence-corrected chi connectivity index (χ2v) is 7.31. The Kier molecular flexibility index (Phi) is 4.63. The molecule has 7 heteroatoms. The number of aromatic nitrogens is 3. The van der Waals surface area contributed by atoms with E-state index in [1.807, 2.05) is 54.3 Å². The third-order valence-electron chi connectivity index (χ3n) is 5.34. The van der Waals surface area contributed by atoms with Gasteiger partial charge in [-0.2, -0.15) is 0 Å². The van der Waals surface area contributed by atoms with Crippen LogP contribution in [0.15, 0.2) is 65.3 Å². The average molecular weight is 399 g/mol. The Balaban J connectivity index is 1.45. The molecule has 1 fully saturated rings. The van der Waals surface area contributed by atoms with Gasteiger partial charge in [-0.25, -0.2) is 15.0 Å². The van der Waals surface area contributed by atoms with Crippen LogP contribution in [0.2, 0.25) is 0 Å². The minimum absolute atomic E-state index is 0.00626. The van der Waals surface area contributed by atoms with E-state index in [0.717, 1.165) is 16.7 Å². The van der Waals surface area contributed by atoms with Crippen molar-refractivity contribution in [1.82, 2.24) is 19.9 Å². The molecule has 1 aliphatic rings. The van der Waals surface area contributed by atoms with Crippen molar-refractivity contribution in [2.45, 2.75) is 6.92 Å². The summed E-state index contributed by atoms with van der Waals surface area (Å²) in [6, 6.07) is 15.2. The van der Waals surface area contributed by atoms with Gasteiger partial charge in [0, 0.05) is 44.0 Å². The largest absolute Gasteiger partial charge is 0.460 e. The smallest absolute Gasteiger partial charge is 0.254 e. The molecule has 5 rings (SSSR count). The first-order chi connectivity index (χ1) is 14.7. The maximum atomic E-state index is 13.5. The van der Waals surface area contributed by atoms with Gasteiger partial charge in [-0.3, -0.25) is 4.79 Å². The van der Waals surface area contributed by atoms with Crippen LogP contribution in [0, 0.1) is 6.92 Å². The van der Waals surface area contributed by atoms with E-state index in [2.05, 4.69) is 14.9 Å². The van der Waals surface area contributed by atoms with Crippen LogP contribution >= 0.6 is 0 Å². The fourth-order valence-electron chi connectivity index (χ4n) is 3.79. The van der Waals surface area contributed by atoms with Crippen LogP contribution in [0.5, 0.6) is 0 Å². The van der Waals surface area contributed by atoms with Gasteiger partial charge in [-0.15, -0.1) is 0 Å². The lowest BCUT2D eigenvalue weighted by Crippen LogP contribution is -2.49. The Morgan fingerprint density at radius 2 is 1.73 bits per heavy atom. The zero-order valence-corrected chi connectivity index (χ0v) is 16.7. The lowest BCUT2D eigenvalue weighted by molar-refractivity contribution is 0.0748. The van der Waals surface area contributed by atoms with Crippen molar-refractivity contribution < 1.29 is 9.21 Å². The summed E-state index contributed by atoms with van der Waals surface area (Å²) < 4.78 is 5.75. The first-order valence-electron chi connectivity index (χ1n) is 9.97. The summed E-state index contributed by atoms with van der Waals surface area (Å²) in [4.78, 5) is 30.8. The Labute approximate surface area is 174 Å². The molecule has 0 N–H and O–H groups in total. The molecule has 1 aromatic carbocycles. The van der Waals surface area contributed by atoms with Crippen molar-refractivity contribution in [2.24, 2.45) is 0 Å². The van der Waals surface area contributed by atoms with Crippen LogP contribution in [-0.4, -0.2) is 51.9 Å². The quantitative estimate of drug-likeness (QED) is 0.524. The van der Waals surface area contributed by atoms with E-state index in [-0.39, 0.29) is 5.91 Å². The topological polar surface area (TPSA) is 75.4 Å². The average Bonchev–Trinajstić information content (AvgIpc) is 3.25. The van der Waals surface area contributed by atoms with E-state index in [4.69, 9.17) is 9.40 Å². The molecule has 0 aliphatic carbocycles. The number of hydrogen-bond donors (Lipinski definition) is 0. The Hall–Kier alpha value is -3.74. The number of furan rings is 1. The Morgan fingerprint density at radius 1 is 0.967 bits per heavy atom. The van der Waals surface area contributed by atoms with Crippen molar-refractivity contribution >= 4 is 22.8 Å². The van der Waals surface area contributed by atoms with Gasteiger partial charge >= 0.3 is 0 Å². The summed E-state index contributed by atoms with van der Waals surface area (Å²) in [6.45, 7) is 4.52. The minimum atomic E-state index is 0.00626. The highest BCUT2D eigenvalue weighted by molar-refractivity contribution is 6.07. The van der Waals surface area contributed by atoms with Crippen molar-refractivity contribution in [3.63, 3.8) is 0 Å². The number of carbonyl (C=O) groups excluding carboxylic acids is 1. The van der Waals surface area contributed by atoms with Crippen molar-refractivity contribution in [2.75, 3.05) is 31.1 Å². The number of fused-ring (bicyclic) bond motifs is 1. The second-order valence-electron chi connectivity index (χ2n) is 7.31. The van der Waals surface area contributed by atoms with Crippen LogP contribution in [0.4, 0.5) is 5.95 Å². The Morgan fingerprint density at radius 3 is 2.47 bits per heavy atom. The molecule has 1 amide bonds. The fourth-order valence-corrected chi connectivity index (χ4v) is 3.79. The van der Waals surface area contributed by atoms with E-state index in [1.54, 1.807) is 18.5 Å². The summed E-state index contributed by atoms with van der Waals surface area (Å²) in [5.74, 6) is 2.19. The molecule has 0 atom stereocenters. The van der Waals surface area contributed by atoms with E-state index in [9.17, 15) is 4.79 Å². The number of anilines is 1. The molecule has 4 heterocycles. The standard InChI is InChI=1S/C23H21N5O2/c1-16-7-8-21(30-16)20-15-18(17-5-2-3-6-19(17)26-20)22(29)27-11-13-28(14-12-27)23-24-9-4-10-25-23/h2-10,15H,11-14H2,1H3. The molecule has 0 spiro atoms. The summed E-state index contributed by atoms with van der Waals surface area (Å²) in [5, 5.41) is 0.850. The molecular formula is C23H21N5O2. The zero-order valence-electron chi connectivity index (χ0n) is 16.7. The molecule has 0 saturated carbocycles. The highest BCUT2D eigenvalue weighted by Gasteiger charge is 2.25. The van der Waals surface area contributed by atoms with Crippen LogP contribution in [-0.2, 0) is 0 Å².